The van der Waals surface area contributed by atoms with Gasteiger partial charge in [0.05, 0.1) is 10.9 Å². The van der Waals surface area contributed by atoms with Gasteiger partial charge in [0.25, 0.3) is 0 Å². The van der Waals surface area contributed by atoms with Crippen molar-refractivity contribution in [3.8, 4) is 0 Å². The van der Waals surface area contributed by atoms with Crippen molar-refractivity contribution in [3.05, 3.63) is 35.5 Å². The number of aromatic nitrogens is 2. The standard InChI is InChI=1S/C10H6F2N2O.C2H6O/c11-7(5-15)3-6-1-2-8-9(4-6)13-14-10(8)12;1-3-2/h1-5H,(H,13,14);1-2H3/b7-3-;. The van der Waals surface area contributed by atoms with E-state index in [4.69, 9.17) is 0 Å². The molecule has 4 nitrogen and oxygen atoms in total. The van der Waals surface area contributed by atoms with Gasteiger partial charge in [0.15, 0.2) is 12.1 Å². The first-order chi connectivity index (χ1) is 8.62. The van der Waals surface area contributed by atoms with E-state index in [1.807, 2.05) is 0 Å². The van der Waals surface area contributed by atoms with Crippen molar-refractivity contribution in [2.75, 3.05) is 14.2 Å². The second kappa shape index (κ2) is 6.61. The maximum Gasteiger partial charge on any atom is 0.216 e. The number of nitrogens with one attached hydrogen (secondary N) is 1. The summed E-state index contributed by atoms with van der Waals surface area (Å²) in [7, 11) is 3.25. The minimum Gasteiger partial charge on any atom is -0.388 e. The van der Waals surface area contributed by atoms with Gasteiger partial charge in [-0.15, -0.1) is 0 Å². The van der Waals surface area contributed by atoms with Crippen LogP contribution in [0, 0.1) is 5.95 Å². The molecule has 1 heterocycles. The Labute approximate surface area is 102 Å². The predicted molar refractivity (Wildman–Crippen MR) is 64.1 cm³/mol. The Morgan fingerprint density at radius 1 is 1.44 bits per heavy atom. The fraction of sp³-hybridized carbons (Fsp3) is 0.167. The van der Waals surface area contributed by atoms with Crippen LogP contribution in [0.5, 0.6) is 0 Å². The Morgan fingerprint density at radius 3 is 2.72 bits per heavy atom. The maximum absolute atomic E-state index is 12.9. The molecule has 0 fully saturated rings. The minimum absolute atomic E-state index is 0.106. The molecule has 0 saturated carbocycles. The maximum atomic E-state index is 12.9. The van der Waals surface area contributed by atoms with Crippen molar-refractivity contribution in [3.63, 3.8) is 0 Å². The van der Waals surface area contributed by atoms with Crippen LogP contribution in [-0.4, -0.2) is 30.7 Å². The van der Waals surface area contributed by atoms with Crippen molar-refractivity contribution in [2.24, 2.45) is 0 Å². The third-order valence-electron chi connectivity index (χ3n) is 1.95. The molecule has 1 N–H and O–H groups in total. The highest BCUT2D eigenvalue weighted by Crippen LogP contribution is 2.17. The van der Waals surface area contributed by atoms with Gasteiger partial charge >= 0.3 is 0 Å². The number of aromatic amines is 1. The molecule has 0 amide bonds. The number of H-pyrrole nitrogens is 1. The summed E-state index contributed by atoms with van der Waals surface area (Å²) in [5.41, 5.74) is 0.846. The van der Waals surface area contributed by atoms with Gasteiger partial charge in [0.1, 0.15) is 0 Å². The smallest absolute Gasteiger partial charge is 0.216 e. The summed E-state index contributed by atoms with van der Waals surface area (Å²) >= 11 is 0. The number of rotatable bonds is 2. The fourth-order valence-corrected chi connectivity index (χ4v) is 1.28. The van der Waals surface area contributed by atoms with E-state index in [-0.39, 0.29) is 6.29 Å². The van der Waals surface area contributed by atoms with Gasteiger partial charge in [-0.05, 0) is 23.8 Å². The van der Waals surface area contributed by atoms with E-state index in [0.29, 0.717) is 16.5 Å². The van der Waals surface area contributed by atoms with Crippen LogP contribution in [0.25, 0.3) is 17.0 Å². The zero-order valence-electron chi connectivity index (χ0n) is 9.91. The number of carbonyl (C=O) groups excluding carboxylic acids is 1. The number of nitrogens with zero attached hydrogens (tertiary/aromatic N) is 1. The first-order valence-corrected chi connectivity index (χ1v) is 4.98. The van der Waals surface area contributed by atoms with Crippen LogP contribution in [-0.2, 0) is 9.53 Å². The molecule has 2 rings (SSSR count). The van der Waals surface area contributed by atoms with Crippen molar-refractivity contribution in [2.45, 2.75) is 0 Å². The molecule has 0 aliphatic carbocycles. The summed E-state index contributed by atoms with van der Waals surface area (Å²) in [6.07, 6.45) is 1.16. The molecule has 0 unspecified atom stereocenters. The van der Waals surface area contributed by atoms with E-state index in [2.05, 4.69) is 14.9 Å². The third kappa shape index (κ3) is 3.46. The molecule has 0 bridgehead atoms. The SMILES string of the molecule is COC.O=C/C(F)=C/c1ccc2c(F)[nH]nc2c1. The van der Waals surface area contributed by atoms with Gasteiger partial charge in [-0.25, -0.2) is 4.39 Å². The van der Waals surface area contributed by atoms with E-state index in [1.165, 1.54) is 18.2 Å². The van der Waals surface area contributed by atoms with Gasteiger partial charge in [-0.2, -0.15) is 9.49 Å². The molecule has 0 radical (unpaired) electrons. The molecule has 1 aromatic carbocycles. The minimum atomic E-state index is -0.884. The summed E-state index contributed by atoms with van der Waals surface area (Å²) in [6, 6.07) is 4.46. The highest BCUT2D eigenvalue weighted by atomic mass is 19.1. The average Bonchev–Trinajstić information content (AvgIpc) is 2.71. The zero-order chi connectivity index (χ0) is 13.5. The second-order valence-electron chi connectivity index (χ2n) is 3.37. The molecule has 0 aliphatic rings. The molecule has 0 atom stereocenters. The lowest BCUT2D eigenvalue weighted by Crippen LogP contribution is -1.77. The number of allylic oxidation sites excluding steroid dienone is 1. The third-order valence-corrected chi connectivity index (χ3v) is 1.95. The average molecular weight is 254 g/mol. The lowest BCUT2D eigenvalue weighted by atomic mass is 10.1. The number of halogens is 2. The Kier molecular flexibility index (Phi) is 5.13. The van der Waals surface area contributed by atoms with E-state index in [9.17, 15) is 13.6 Å². The van der Waals surface area contributed by atoms with Crippen molar-refractivity contribution >= 4 is 23.3 Å². The number of ether oxygens (including phenoxy) is 1. The monoisotopic (exact) mass is 254 g/mol. The van der Waals surface area contributed by atoms with Crippen molar-refractivity contribution in [1.29, 1.82) is 0 Å². The largest absolute Gasteiger partial charge is 0.388 e. The number of benzene rings is 1. The molecule has 2 aromatic rings. The van der Waals surface area contributed by atoms with E-state index >= 15 is 0 Å². The first kappa shape index (κ1) is 14.0. The molecule has 18 heavy (non-hydrogen) atoms. The summed E-state index contributed by atoms with van der Waals surface area (Å²) < 4.78 is 29.8. The van der Waals surface area contributed by atoms with Crippen molar-refractivity contribution in [1.82, 2.24) is 10.2 Å². The van der Waals surface area contributed by atoms with E-state index in [1.54, 1.807) is 14.2 Å². The van der Waals surface area contributed by atoms with Crippen LogP contribution < -0.4 is 0 Å². The molecule has 96 valence electrons. The molecular weight excluding hydrogens is 242 g/mol. The second-order valence-corrected chi connectivity index (χ2v) is 3.37. The van der Waals surface area contributed by atoms with Crippen LogP contribution >= 0.6 is 0 Å². The summed E-state index contributed by atoms with van der Waals surface area (Å²) in [4.78, 5) is 10.1. The molecule has 0 saturated heterocycles. The molecule has 6 heteroatoms. The molecule has 0 spiro atoms. The number of methoxy groups -OCH3 is 1. The topological polar surface area (TPSA) is 55.0 Å². The van der Waals surface area contributed by atoms with Crippen LogP contribution in [0.4, 0.5) is 8.78 Å². The number of aldehydes is 1. The first-order valence-electron chi connectivity index (χ1n) is 4.98. The normalized spacial score (nSPS) is 11.0. The molecule has 1 aromatic heterocycles. The lowest BCUT2D eigenvalue weighted by molar-refractivity contribution is -0.106. The number of hydrogen-bond acceptors (Lipinski definition) is 3. The zero-order valence-corrected chi connectivity index (χ0v) is 9.91. The summed E-state index contributed by atoms with van der Waals surface area (Å²) in [6.45, 7) is 0. The van der Waals surface area contributed by atoms with Crippen molar-refractivity contribution < 1.29 is 18.3 Å². The van der Waals surface area contributed by atoms with Gasteiger partial charge in [0, 0.05) is 14.2 Å². The van der Waals surface area contributed by atoms with E-state index < -0.39 is 11.8 Å². The quantitative estimate of drug-likeness (QED) is 0.661. The summed E-state index contributed by atoms with van der Waals surface area (Å²) in [5, 5.41) is 6.17. The highest BCUT2D eigenvalue weighted by Gasteiger charge is 2.04. The van der Waals surface area contributed by atoms with Gasteiger partial charge in [-0.1, -0.05) is 6.07 Å². The summed E-state index contributed by atoms with van der Waals surface area (Å²) in [5.74, 6) is -1.42. The lowest BCUT2D eigenvalue weighted by Gasteiger charge is -1.92. The Morgan fingerprint density at radius 2 is 2.11 bits per heavy atom. The Bertz CT molecular complexity index is 564. The van der Waals surface area contributed by atoms with Crippen LogP contribution in [0.3, 0.4) is 0 Å². The van der Waals surface area contributed by atoms with Crippen LogP contribution in [0.1, 0.15) is 5.56 Å². The Balaban J connectivity index is 0.000000492. The van der Waals surface area contributed by atoms with E-state index in [0.717, 1.165) is 6.08 Å². The fourth-order valence-electron chi connectivity index (χ4n) is 1.28. The van der Waals surface area contributed by atoms with Gasteiger partial charge in [-0.3, -0.25) is 9.89 Å². The predicted octanol–water partition coefficient (Wildman–Crippen LogP) is 2.47. The van der Waals surface area contributed by atoms with Crippen LogP contribution in [0.15, 0.2) is 24.0 Å². The number of fused-ring (bicyclic) bond motifs is 1. The van der Waals surface area contributed by atoms with Gasteiger partial charge in [0.2, 0.25) is 5.95 Å². The molecule has 0 aliphatic heterocycles. The number of carbonyl (C=O) groups is 1. The van der Waals surface area contributed by atoms with Gasteiger partial charge < -0.3 is 4.74 Å². The van der Waals surface area contributed by atoms with Crippen LogP contribution in [0.2, 0.25) is 0 Å². The Hall–Kier alpha value is -2.08. The number of hydrogen-bond donors (Lipinski definition) is 1. The highest BCUT2D eigenvalue weighted by molar-refractivity contribution is 5.84. The molecular formula is C12H12F2N2O2.